The molecule has 0 bridgehead atoms. The highest BCUT2D eigenvalue weighted by Crippen LogP contribution is 2.34. The van der Waals surface area contributed by atoms with E-state index in [4.69, 9.17) is 21.1 Å². The lowest BCUT2D eigenvalue weighted by Gasteiger charge is -2.22. The van der Waals surface area contributed by atoms with Crippen LogP contribution in [0, 0.1) is 0 Å². The standard InChI is InChI=1S/C26H27ClN4O5S2/c1-35-16-14-30(15-17-36-2)38(33,34)21-11-9-19(10-12-21)25(32)31(18-20-6-3-4-13-28-20)26-29-24-22(27)7-5-8-23(24)37-26/h3-13H,14-18H2,1-2H3. The monoisotopic (exact) mass is 574 g/mol. The van der Waals surface area contributed by atoms with Gasteiger partial charge in [0.25, 0.3) is 5.91 Å². The van der Waals surface area contributed by atoms with Crippen molar-refractivity contribution in [2.24, 2.45) is 0 Å². The molecule has 1 amide bonds. The Morgan fingerprint density at radius 3 is 2.29 bits per heavy atom. The zero-order chi connectivity index (χ0) is 27.1. The van der Waals surface area contributed by atoms with E-state index < -0.39 is 10.0 Å². The number of benzene rings is 2. The van der Waals surface area contributed by atoms with E-state index in [9.17, 15) is 13.2 Å². The van der Waals surface area contributed by atoms with Crippen molar-refractivity contribution in [1.82, 2.24) is 14.3 Å². The average Bonchev–Trinajstić information content (AvgIpc) is 3.37. The third-order valence-electron chi connectivity index (χ3n) is 5.71. The predicted octanol–water partition coefficient (Wildman–Crippen LogP) is 4.48. The summed E-state index contributed by atoms with van der Waals surface area (Å²) in [7, 11) is -0.795. The smallest absolute Gasteiger partial charge is 0.260 e. The number of methoxy groups -OCH3 is 2. The van der Waals surface area contributed by atoms with Crippen LogP contribution in [-0.4, -0.2) is 69.1 Å². The Bertz CT molecular complexity index is 1470. The van der Waals surface area contributed by atoms with Crippen molar-refractivity contribution in [3.05, 3.63) is 83.1 Å². The van der Waals surface area contributed by atoms with Gasteiger partial charge in [0.2, 0.25) is 10.0 Å². The van der Waals surface area contributed by atoms with Gasteiger partial charge in [0.1, 0.15) is 5.52 Å². The molecule has 0 spiro atoms. The van der Waals surface area contributed by atoms with Crippen LogP contribution in [0.5, 0.6) is 0 Å². The summed E-state index contributed by atoms with van der Waals surface area (Å²) in [5.74, 6) is -0.342. The number of thiazole rings is 1. The van der Waals surface area contributed by atoms with Crippen LogP contribution in [0.2, 0.25) is 5.02 Å². The van der Waals surface area contributed by atoms with Gasteiger partial charge in [-0.3, -0.25) is 14.7 Å². The molecule has 38 heavy (non-hydrogen) atoms. The third kappa shape index (κ3) is 6.37. The van der Waals surface area contributed by atoms with Gasteiger partial charge >= 0.3 is 0 Å². The number of anilines is 1. The minimum Gasteiger partial charge on any atom is -0.383 e. The van der Waals surface area contributed by atoms with Crippen molar-refractivity contribution >= 4 is 54.2 Å². The van der Waals surface area contributed by atoms with Crippen molar-refractivity contribution in [3.63, 3.8) is 0 Å². The van der Waals surface area contributed by atoms with Gasteiger partial charge in [0.05, 0.1) is 40.1 Å². The van der Waals surface area contributed by atoms with E-state index in [-0.39, 0.29) is 43.7 Å². The molecular weight excluding hydrogens is 548 g/mol. The van der Waals surface area contributed by atoms with Crippen LogP contribution in [0.3, 0.4) is 0 Å². The van der Waals surface area contributed by atoms with Gasteiger partial charge in [-0.05, 0) is 48.5 Å². The molecule has 9 nitrogen and oxygen atoms in total. The van der Waals surface area contributed by atoms with E-state index in [1.165, 1.54) is 59.0 Å². The second-order valence-corrected chi connectivity index (χ2v) is 11.6. The summed E-state index contributed by atoms with van der Waals surface area (Å²) in [6.45, 7) is 1.03. The third-order valence-corrected chi connectivity index (χ3v) is 8.97. The highest BCUT2D eigenvalue weighted by atomic mass is 35.5. The molecule has 2 aromatic carbocycles. The summed E-state index contributed by atoms with van der Waals surface area (Å²) in [5, 5.41) is 0.960. The van der Waals surface area contributed by atoms with E-state index in [0.29, 0.717) is 26.9 Å². The number of para-hydroxylation sites is 1. The number of carbonyl (C=O) groups is 1. The van der Waals surface area contributed by atoms with Gasteiger partial charge in [-0.25, -0.2) is 13.4 Å². The zero-order valence-electron chi connectivity index (χ0n) is 20.9. The number of ether oxygens (including phenoxy) is 2. The summed E-state index contributed by atoms with van der Waals surface area (Å²) in [6, 6.07) is 16.8. The molecule has 4 aromatic rings. The van der Waals surface area contributed by atoms with Gasteiger partial charge in [-0.2, -0.15) is 4.31 Å². The number of nitrogens with zero attached hydrogens (tertiary/aromatic N) is 4. The van der Waals surface area contributed by atoms with Crippen molar-refractivity contribution in [1.29, 1.82) is 0 Å². The molecule has 0 atom stereocenters. The first-order chi connectivity index (χ1) is 18.3. The summed E-state index contributed by atoms with van der Waals surface area (Å²) in [6.07, 6.45) is 1.66. The van der Waals surface area contributed by atoms with E-state index >= 15 is 0 Å². The predicted molar refractivity (Wildman–Crippen MR) is 148 cm³/mol. The Morgan fingerprint density at radius 2 is 1.68 bits per heavy atom. The number of fused-ring (bicyclic) bond motifs is 1. The first-order valence-electron chi connectivity index (χ1n) is 11.7. The molecule has 0 fully saturated rings. The van der Waals surface area contributed by atoms with E-state index in [2.05, 4.69) is 9.97 Å². The lowest BCUT2D eigenvalue weighted by Crippen LogP contribution is -2.36. The molecule has 0 radical (unpaired) electrons. The molecule has 0 aliphatic heterocycles. The topological polar surface area (TPSA) is 102 Å². The van der Waals surface area contributed by atoms with Crippen LogP contribution < -0.4 is 4.90 Å². The van der Waals surface area contributed by atoms with Crippen molar-refractivity contribution in [3.8, 4) is 0 Å². The number of sulfonamides is 1. The molecule has 2 aromatic heterocycles. The minimum absolute atomic E-state index is 0.0734. The van der Waals surface area contributed by atoms with Crippen LogP contribution in [0.25, 0.3) is 10.2 Å². The first kappa shape index (κ1) is 28.1. The van der Waals surface area contributed by atoms with Crippen molar-refractivity contribution in [2.45, 2.75) is 11.4 Å². The van der Waals surface area contributed by atoms with Crippen LogP contribution in [0.1, 0.15) is 16.1 Å². The summed E-state index contributed by atoms with van der Waals surface area (Å²) in [4.78, 5) is 24.3. The first-order valence-corrected chi connectivity index (χ1v) is 14.3. The Hall–Kier alpha value is -2.93. The number of amides is 1. The molecule has 0 N–H and O–H groups in total. The van der Waals surface area contributed by atoms with Crippen LogP contribution >= 0.6 is 22.9 Å². The van der Waals surface area contributed by atoms with E-state index in [0.717, 1.165) is 4.70 Å². The number of hydrogen-bond donors (Lipinski definition) is 0. The Morgan fingerprint density at radius 1 is 0.974 bits per heavy atom. The maximum absolute atomic E-state index is 13.7. The van der Waals surface area contributed by atoms with Crippen molar-refractivity contribution < 1.29 is 22.7 Å². The lowest BCUT2D eigenvalue weighted by molar-refractivity contribution is 0.0984. The Kier molecular flexibility index (Phi) is 9.42. The summed E-state index contributed by atoms with van der Waals surface area (Å²) >= 11 is 7.68. The number of rotatable bonds is 12. The fraction of sp³-hybridized carbons (Fsp3) is 0.269. The zero-order valence-corrected chi connectivity index (χ0v) is 23.3. The van der Waals surface area contributed by atoms with E-state index in [1.807, 2.05) is 24.3 Å². The Labute approximate surface area is 230 Å². The van der Waals surface area contributed by atoms with Gasteiger partial charge in [0.15, 0.2) is 5.13 Å². The minimum atomic E-state index is -3.82. The highest BCUT2D eigenvalue weighted by molar-refractivity contribution is 7.89. The van der Waals surface area contributed by atoms with E-state index in [1.54, 1.807) is 18.3 Å². The fourth-order valence-electron chi connectivity index (χ4n) is 3.71. The molecule has 0 aliphatic rings. The van der Waals surface area contributed by atoms with Crippen LogP contribution in [0.15, 0.2) is 71.8 Å². The van der Waals surface area contributed by atoms with Gasteiger partial charge in [-0.1, -0.05) is 35.1 Å². The maximum Gasteiger partial charge on any atom is 0.260 e. The molecule has 4 rings (SSSR count). The molecule has 0 aliphatic carbocycles. The number of pyridine rings is 1. The molecule has 0 unspecified atom stereocenters. The maximum atomic E-state index is 13.7. The van der Waals surface area contributed by atoms with Crippen LogP contribution in [0.4, 0.5) is 5.13 Å². The summed E-state index contributed by atoms with van der Waals surface area (Å²) in [5.41, 5.74) is 1.60. The SMILES string of the molecule is COCCN(CCOC)S(=O)(=O)c1ccc(C(=O)N(Cc2ccccn2)c2nc3c(Cl)cccc3s2)cc1. The molecule has 200 valence electrons. The lowest BCUT2D eigenvalue weighted by atomic mass is 10.2. The fourth-order valence-corrected chi connectivity index (χ4v) is 6.38. The average molecular weight is 575 g/mol. The largest absolute Gasteiger partial charge is 0.383 e. The quantitative estimate of drug-likeness (QED) is 0.246. The number of hydrogen-bond acceptors (Lipinski definition) is 8. The normalized spacial score (nSPS) is 11.8. The molecule has 0 saturated heterocycles. The van der Waals surface area contributed by atoms with Gasteiger partial charge < -0.3 is 9.47 Å². The molecule has 12 heteroatoms. The Balaban J connectivity index is 1.65. The molecule has 0 saturated carbocycles. The van der Waals surface area contributed by atoms with Crippen LogP contribution in [-0.2, 0) is 26.0 Å². The van der Waals surface area contributed by atoms with Crippen molar-refractivity contribution in [2.75, 3.05) is 45.4 Å². The highest BCUT2D eigenvalue weighted by Gasteiger charge is 2.26. The molecule has 2 heterocycles. The number of aromatic nitrogens is 2. The molecular formula is C26H27ClN4O5S2. The number of carbonyl (C=O) groups excluding carboxylic acids is 1. The second-order valence-electron chi connectivity index (χ2n) is 8.21. The second kappa shape index (κ2) is 12.7. The number of halogens is 1. The van der Waals surface area contributed by atoms with Gasteiger partial charge in [-0.15, -0.1) is 0 Å². The van der Waals surface area contributed by atoms with Gasteiger partial charge in [0, 0.05) is 39.1 Å². The summed E-state index contributed by atoms with van der Waals surface area (Å²) < 4.78 is 38.8.